The van der Waals surface area contributed by atoms with Crippen LogP contribution in [-0.2, 0) is 0 Å². The highest BCUT2D eigenvalue weighted by molar-refractivity contribution is 9.10. The van der Waals surface area contributed by atoms with Crippen LogP contribution in [0.15, 0.2) is 16.6 Å². The van der Waals surface area contributed by atoms with Crippen LogP contribution < -0.4 is 15.2 Å². The van der Waals surface area contributed by atoms with Crippen LogP contribution in [0.5, 0.6) is 11.5 Å². The molecular formula is C16H23BrN2O2. The molecule has 1 unspecified atom stereocenters. The van der Waals surface area contributed by atoms with E-state index in [1.165, 1.54) is 24.8 Å². The van der Waals surface area contributed by atoms with Crippen LogP contribution in [0.3, 0.4) is 0 Å². The number of rotatable bonds is 6. The van der Waals surface area contributed by atoms with Gasteiger partial charge in [-0.05, 0) is 58.9 Å². The monoisotopic (exact) mass is 354 g/mol. The van der Waals surface area contributed by atoms with E-state index >= 15 is 0 Å². The average molecular weight is 355 g/mol. The Labute approximate surface area is 134 Å². The van der Waals surface area contributed by atoms with Crippen molar-refractivity contribution < 1.29 is 9.47 Å². The smallest absolute Gasteiger partial charge is 0.231 e. The third kappa shape index (κ3) is 3.05. The van der Waals surface area contributed by atoms with Crippen molar-refractivity contribution in [3.05, 3.63) is 22.2 Å². The van der Waals surface area contributed by atoms with Gasteiger partial charge in [0.2, 0.25) is 6.79 Å². The van der Waals surface area contributed by atoms with Gasteiger partial charge in [0, 0.05) is 19.1 Å². The van der Waals surface area contributed by atoms with Crippen LogP contribution in [0, 0.1) is 5.92 Å². The predicted octanol–water partition coefficient (Wildman–Crippen LogP) is 3.30. The van der Waals surface area contributed by atoms with Gasteiger partial charge in [0.05, 0.1) is 4.47 Å². The zero-order valence-corrected chi connectivity index (χ0v) is 14.1. The van der Waals surface area contributed by atoms with E-state index in [0.29, 0.717) is 13.3 Å². The summed E-state index contributed by atoms with van der Waals surface area (Å²) >= 11 is 3.58. The minimum atomic E-state index is 0.237. The number of hydrogen-bond acceptors (Lipinski definition) is 4. The zero-order valence-electron chi connectivity index (χ0n) is 12.5. The minimum Gasteiger partial charge on any atom is -0.454 e. The largest absolute Gasteiger partial charge is 0.454 e. The second kappa shape index (κ2) is 6.55. The first-order valence-corrected chi connectivity index (χ1v) is 8.55. The van der Waals surface area contributed by atoms with Crippen molar-refractivity contribution in [2.45, 2.75) is 32.2 Å². The fourth-order valence-electron chi connectivity index (χ4n) is 3.16. The molecular weight excluding hydrogens is 332 g/mol. The van der Waals surface area contributed by atoms with Crippen molar-refractivity contribution in [3.63, 3.8) is 0 Å². The molecule has 1 aromatic carbocycles. The molecule has 0 saturated heterocycles. The Kier molecular flexibility index (Phi) is 4.72. The SMILES string of the molecule is CCN(CC1CCC1)C(CN)c1cc(Br)c2c(c1)OCO2. The number of hydrogen-bond donors (Lipinski definition) is 1. The van der Waals surface area contributed by atoms with Crippen molar-refractivity contribution in [1.29, 1.82) is 0 Å². The highest BCUT2D eigenvalue weighted by Crippen LogP contribution is 2.42. The Balaban J connectivity index is 1.82. The maximum Gasteiger partial charge on any atom is 0.231 e. The maximum absolute atomic E-state index is 6.08. The normalized spacial score (nSPS) is 18.9. The van der Waals surface area contributed by atoms with Gasteiger partial charge in [-0.1, -0.05) is 13.3 Å². The Bertz CT molecular complexity index is 505. The van der Waals surface area contributed by atoms with Crippen molar-refractivity contribution in [2.24, 2.45) is 11.7 Å². The van der Waals surface area contributed by atoms with Crippen LogP contribution in [0.25, 0.3) is 0 Å². The second-order valence-corrected chi connectivity index (χ2v) is 6.73. The molecule has 1 aromatic rings. The highest BCUT2D eigenvalue weighted by Gasteiger charge is 2.27. The zero-order chi connectivity index (χ0) is 14.8. The topological polar surface area (TPSA) is 47.7 Å². The molecule has 3 rings (SSSR count). The summed E-state index contributed by atoms with van der Waals surface area (Å²) < 4.78 is 11.9. The second-order valence-electron chi connectivity index (χ2n) is 5.87. The maximum atomic E-state index is 6.08. The molecule has 1 fully saturated rings. The number of nitrogens with two attached hydrogens (primary N) is 1. The van der Waals surface area contributed by atoms with E-state index in [1.807, 2.05) is 0 Å². The molecule has 5 heteroatoms. The number of benzene rings is 1. The van der Waals surface area contributed by atoms with E-state index in [4.69, 9.17) is 15.2 Å². The van der Waals surface area contributed by atoms with Crippen molar-refractivity contribution >= 4 is 15.9 Å². The Morgan fingerprint density at radius 1 is 1.38 bits per heavy atom. The molecule has 2 aliphatic rings. The molecule has 116 valence electrons. The van der Waals surface area contributed by atoms with Gasteiger partial charge >= 0.3 is 0 Å². The minimum absolute atomic E-state index is 0.237. The molecule has 1 aliphatic carbocycles. The van der Waals surface area contributed by atoms with Gasteiger partial charge in [0.25, 0.3) is 0 Å². The van der Waals surface area contributed by atoms with Gasteiger partial charge in [0.15, 0.2) is 11.5 Å². The Morgan fingerprint density at radius 2 is 2.19 bits per heavy atom. The molecule has 21 heavy (non-hydrogen) atoms. The lowest BCUT2D eigenvalue weighted by Gasteiger charge is -2.36. The van der Waals surface area contributed by atoms with Gasteiger partial charge in [-0.15, -0.1) is 0 Å². The van der Waals surface area contributed by atoms with Crippen LogP contribution in [0.4, 0.5) is 0 Å². The number of ether oxygens (including phenoxy) is 2. The van der Waals surface area contributed by atoms with E-state index in [-0.39, 0.29) is 6.04 Å². The quantitative estimate of drug-likeness (QED) is 0.851. The van der Waals surface area contributed by atoms with Gasteiger partial charge in [0.1, 0.15) is 0 Å². The van der Waals surface area contributed by atoms with Gasteiger partial charge in [-0.25, -0.2) is 0 Å². The lowest BCUT2D eigenvalue weighted by molar-refractivity contribution is 0.141. The predicted molar refractivity (Wildman–Crippen MR) is 86.6 cm³/mol. The van der Waals surface area contributed by atoms with Crippen molar-refractivity contribution in [2.75, 3.05) is 26.4 Å². The summed E-state index contributed by atoms with van der Waals surface area (Å²) in [4.78, 5) is 2.49. The summed E-state index contributed by atoms with van der Waals surface area (Å²) in [7, 11) is 0. The third-order valence-electron chi connectivity index (χ3n) is 4.62. The fourth-order valence-corrected chi connectivity index (χ4v) is 3.73. The van der Waals surface area contributed by atoms with E-state index in [1.54, 1.807) is 0 Å². The molecule has 1 heterocycles. The van der Waals surface area contributed by atoms with E-state index in [2.05, 4.69) is 39.9 Å². The van der Waals surface area contributed by atoms with Crippen molar-refractivity contribution in [1.82, 2.24) is 4.90 Å². The number of nitrogens with zero attached hydrogens (tertiary/aromatic N) is 1. The first-order chi connectivity index (χ1) is 10.2. The summed E-state index contributed by atoms with van der Waals surface area (Å²) in [5, 5.41) is 0. The summed E-state index contributed by atoms with van der Waals surface area (Å²) in [6, 6.07) is 4.43. The molecule has 0 aromatic heterocycles. The Hall–Kier alpha value is -0.780. The number of likely N-dealkylation sites (N-methyl/N-ethyl adjacent to an activating group) is 1. The molecule has 0 amide bonds. The fraction of sp³-hybridized carbons (Fsp3) is 0.625. The van der Waals surface area contributed by atoms with Crippen LogP contribution in [0.1, 0.15) is 37.8 Å². The van der Waals surface area contributed by atoms with Crippen LogP contribution in [-0.4, -0.2) is 31.3 Å². The molecule has 1 aliphatic heterocycles. The van der Waals surface area contributed by atoms with Gasteiger partial charge < -0.3 is 15.2 Å². The van der Waals surface area contributed by atoms with E-state index in [9.17, 15) is 0 Å². The van der Waals surface area contributed by atoms with Crippen molar-refractivity contribution in [3.8, 4) is 11.5 Å². The molecule has 0 bridgehead atoms. The molecule has 4 nitrogen and oxygen atoms in total. The third-order valence-corrected chi connectivity index (χ3v) is 5.21. The molecule has 0 spiro atoms. The van der Waals surface area contributed by atoms with E-state index < -0.39 is 0 Å². The van der Waals surface area contributed by atoms with Gasteiger partial charge in [-0.2, -0.15) is 0 Å². The number of halogens is 1. The average Bonchev–Trinajstić information content (AvgIpc) is 2.90. The highest BCUT2D eigenvalue weighted by atomic mass is 79.9. The van der Waals surface area contributed by atoms with Crippen LogP contribution >= 0.6 is 15.9 Å². The lowest BCUT2D eigenvalue weighted by Crippen LogP contribution is -2.38. The van der Waals surface area contributed by atoms with E-state index in [0.717, 1.165) is 35.0 Å². The first kappa shape index (κ1) is 15.1. The summed E-state index contributed by atoms with van der Waals surface area (Å²) in [5.41, 5.74) is 7.29. The summed E-state index contributed by atoms with van der Waals surface area (Å²) in [6.45, 7) is 5.29. The summed E-state index contributed by atoms with van der Waals surface area (Å²) in [6.07, 6.45) is 4.10. The number of fused-ring (bicyclic) bond motifs is 1. The molecule has 0 radical (unpaired) electrons. The first-order valence-electron chi connectivity index (χ1n) is 7.76. The Morgan fingerprint density at radius 3 is 2.81 bits per heavy atom. The molecule has 2 N–H and O–H groups in total. The molecule has 1 atom stereocenters. The molecule has 1 saturated carbocycles. The van der Waals surface area contributed by atoms with Gasteiger partial charge in [-0.3, -0.25) is 4.90 Å². The lowest BCUT2D eigenvalue weighted by atomic mass is 9.84. The standard InChI is InChI=1S/C16H23BrN2O2/c1-2-19(9-11-4-3-5-11)14(8-18)12-6-13(17)16-15(7-12)20-10-21-16/h6-7,11,14H,2-5,8-10,18H2,1H3. The summed E-state index contributed by atoms with van der Waals surface area (Å²) in [5.74, 6) is 2.46. The van der Waals surface area contributed by atoms with Crippen LogP contribution in [0.2, 0.25) is 0 Å².